The average Bonchev–Trinajstić information content (AvgIpc) is 4.01. The van der Waals surface area contributed by atoms with Crippen molar-refractivity contribution in [2.45, 2.75) is 152 Å². The largest absolute Gasteiger partial charge is 0.480 e. The van der Waals surface area contributed by atoms with Crippen LogP contribution in [0.4, 0.5) is 0 Å². The zero-order chi connectivity index (χ0) is 53.7. The quantitative estimate of drug-likeness (QED) is 0.0319. The molecule has 0 aliphatic carbocycles. The lowest BCUT2D eigenvalue weighted by Crippen LogP contribution is -2.61. The van der Waals surface area contributed by atoms with Crippen LogP contribution in [-0.4, -0.2) is 195 Å². The Balaban J connectivity index is 2.17. The normalized spacial score (nSPS) is 18.8. The number of amides is 11. The Labute approximate surface area is 415 Å². The SMILES string of the molecule is CSCC[C@H](NC(=O)[C@H](CC(C)C)NC(=O)[C@@H]1CCCN1C(=O)[C@@H]1CCCN1C(=O)CNC(=O)[C@@H](N)CCC(N)=O)C(=O)N[C@@H](C)C(=O)N[C@H](C(=O)N[C@@H](CCC(N)=O)C(=O)N[C@@H](CO)C(=O)O)[C@@H](C)O. The summed E-state index contributed by atoms with van der Waals surface area (Å²) in [5, 5.41) is 45.8. The number of likely N-dealkylation sites (tertiary alicyclic amines) is 2. The monoisotopic (exact) mass is 1030 g/mol. The number of nitrogens with two attached hydrogens (primary N) is 3. The Morgan fingerprint density at radius 3 is 1.75 bits per heavy atom. The van der Waals surface area contributed by atoms with Gasteiger partial charge in [0.1, 0.15) is 48.3 Å². The van der Waals surface area contributed by atoms with Gasteiger partial charge in [0.2, 0.25) is 65.0 Å². The third-order valence-electron chi connectivity index (χ3n) is 11.7. The van der Waals surface area contributed by atoms with Gasteiger partial charge in [0.05, 0.1) is 25.3 Å². The number of carbonyl (C=O) groups is 12. The molecule has 0 radical (unpaired) electrons. The summed E-state index contributed by atoms with van der Waals surface area (Å²) in [6, 6.07) is -12.0. The summed E-state index contributed by atoms with van der Waals surface area (Å²) in [5.41, 5.74) is 16.1. The number of nitrogens with one attached hydrogen (secondary N) is 7. The van der Waals surface area contributed by atoms with Crippen LogP contribution in [0.1, 0.15) is 91.9 Å². The lowest BCUT2D eigenvalue weighted by atomic mass is 10.0. The number of rotatable bonds is 30. The Morgan fingerprint density at radius 1 is 0.648 bits per heavy atom. The van der Waals surface area contributed by atoms with E-state index in [9.17, 15) is 72.9 Å². The van der Waals surface area contributed by atoms with Gasteiger partial charge in [-0.3, -0.25) is 52.7 Å². The molecule has 0 unspecified atom stereocenters. The Bertz CT molecular complexity index is 1940. The van der Waals surface area contributed by atoms with Gasteiger partial charge in [-0.2, -0.15) is 11.8 Å². The highest BCUT2D eigenvalue weighted by Crippen LogP contribution is 2.25. The standard InChI is InChI=1S/C43H72N12O15S/c1-21(2)18-27(51-40(66)29-8-6-16-55(29)42(68)30-9-7-15-54(30)33(60)19-47-36(62)24(44)10-12-31(45)58)39(65)49-26(14-17-71-5)37(63)48-22(3)35(61)53-34(23(4)57)41(67)50-25(11-13-32(46)59)38(64)52-28(20-56)43(69)70/h21-30,34,56-57H,6-20,44H2,1-5H3,(H2,45,58)(H2,46,59)(H,47,62)(H,48,63)(H,49,65)(H,50,67)(H,51,66)(H,52,64)(H,53,61)(H,69,70)/t22-,23+,24-,25-,26-,27-,28-,29-,30-,34-/m0/s1. The maximum atomic E-state index is 14.0. The van der Waals surface area contributed by atoms with Crippen LogP contribution in [0.2, 0.25) is 0 Å². The molecule has 28 heteroatoms. The predicted molar refractivity (Wildman–Crippen MR) is 253 cm³/mol. The van der Waals surface area contributed by atoms with E-state index in [1.807, 2.05) is 19.2 Å². The number of carbonyl (C=O) groups excluding carboxylic acids is 11. The molecular weight excluding hydrogens is 957 g/mol. The molecule has 0 aromatic heterocycles. The maximum Gasteiger partial charge on any atom is 0.328 e. The minimum absolute atomic E-state index is 0.0172. The summed E-state index contributed by atoms with van der Waals surface area (Å²) in [6.45, 7) is 4.97. The molecule has 2 heterocycles. The Kier molecular flexibility index (Phi) is 25.7. The van der Waals surface area contributed by atoms with E-state index < -0.39 is 157 Å². The van der Waals surface area contributed by atoms with E-state index >= 15 is 0 Å². The van der Waals surface area contributed by atoms with E-state index in [1.54, 1.807) is 6.26 Å². The number of nitrogens with zero attached hydrogens (tertiary/aromatic N) is 2. The molecule has 10 atom stereocenters. The van der Waals surface area contributed by atoms with Gasteiger partial charge >= 0.3 is 5.97 Å². The van der Waals surface area contributed by atoms with Gasteiger partial charge < -0.3 is 79.5 Å². The molecule has 0 aromatic rings. The summed E-state index contributed by atoms with van der Waals surface area (Å²) in [7, 11) is 0. The summed E-state index contributed by atoms with van der Waals surface area (Å²) in [6.07, 6.45) is 0.825. The van der Waals surface area contributed by atoms with E-state index in [4.69, 9.17) is 17.2 Å². The van der Waals surface area contributed by atoms with E-state index in [1.165, 1.54) is 28.5 Å². The second-order valence-corrected chi connectivity index (χ2v) is 18.9. The van der Waals surface area contributed by atoms with Gasteiger partial charge in [-0.05, 0) is 83.1 Å². The number of aliphatic hydroxyl groups is 2. The molecule has 0 bridgehead atoms. The average molecular weight is 1030 g/mol. The first-order valence-electron chi connectivity index (χ1n) is 23.4. The molecular formula is C43H72N12O15S. The summed E-state index contributed by atoms with van der Waals surface area (Å²) in [4.78, 5) is 157. The molecule has 2 aliphatic heterocycles. The minimum atomic E-state index is -1.77. The van der Waals surface area contributed by atoms with Crippen molar-refractivity contribution in [3.8, 4) is 0 Å². The van der Waals surface area contributed by atoms with Crippen molar-refractivity contribution < 1.29 is 72.9 Å². The van der Waals surface area contributed by atoms with E-state index in [0.717, 1.165) is 6.92 Å². The van der Waals surface area contributed by atoms with Gasteiger partial charge in [-0.25, -0.2) is 4.79 Å². The molecule has 2 saturated heterocycles. The zero-order valence-electron chi connectivity index (χ0n) is 40.7. The molecule has 0 spiro atoms. The highest BCUT2D eigenvalue weighted by molar-refractivity contribution is 7.98. The predicted octanol–water partition coefficient (Wildman–Crippen LogP) is -5.87. The lowest BCUT2D eigenvalue weighted by Gasteiger charge is -2.32. The smallest absolute Gasteiger partial charge is 0.328 e. The van der Waals surface area contributed by atoms with Gasteiger partial charge in [0, 0.05) is 25.9 Å². The van der Waals surface area contributed by atoms with Gasteiger partial charge in [-0.1, -0.05) is 13.8 Å². The number of primary amides is 2. The van der Waals surface area contributed by atoms with E-state index in [2.05, 4.69) is 31.9 Å². The third kappa shape index (κ3) is 19.9. The zero-order valence-corrected chi connectivity index (χ0v) is 41.5. The number of hydrogen-bond donors (Lipinski definition) is 13. The molecule has 2 aliphatic rings. The second kappa shape index (κ2) is 29.9. The summed E-state index contributed by atoms with van der Waals surface area (Å²) < 4.78 is 0. The highest BCUT2D eigenvalue weighted by atomic mass is 32.2. The van der Waals surface area contributed by atoms with Crippen LogP contribution in [0.5, 0.6) is 0 Å². The number of thioether (sulfide) groups is 1. The van der Waals surface area contributed by atoms with Crippen molar-refractivity contribution in [3.05, 3.63) is 0 Å². The van der Waals surface area contributed by atoms with Crippen LogP contribution in [0, 0.1) is 5.92 Å². The molecule has 27 nitrogen and oxygen atoms in total. The fourth-order valence-corrected chi connectivity index (χ4v) is 8.20. The molecule has 2 rings (SSSR count). The van der Waals surface area contributed by atoms with Gasteiger partial charge in [0.25, 0.3) is 0 Å². The molecule has 11 amide bonds. The fourth-order valence-electron chi connectivity index (χ4n) is 7.73. The van der Waals surface area contributed by atoms with Crippen molar-refractivity contribution in [2.75, 3.05) is 38.2 Å². The molecule has 16 N–H and O–H groups in total. The number of aliphatic hydroxyl groups excluding tert-OH is 2. The number of aliphatic carboxylic acids is 1. The van der Waals surface area contributed by atoms with Crippen LogP contribution in [-0.2, 0) is 57.5 Å². The highest BCUT2D eigenvalue weighted by Gasteiger charge is 2.43. The third-order valence-corrected chi connectivity index (χ3v) is 12.3. The first-order chi connectivity index (χ1) is 33.3. The Hall–Kier alpha value is -6.13. The molecule has 71 heavy (non-hydrogen) atoms. The van der Waals surface area contributed by atoms with Crippen LogP contribution < -0.4 is 54.4 Å². The van der Waals surface area contributed by atoms with Crippen LogP contribution in [0.15, 0.2) is 0 Å². The van der Waals surface area contributed by atoms with Crippen molar-refractivity contribution >= 4 is 82.7 Å². The van der Waals surface area contributed by atoms with Crippen LogP contribution in [0.3, 0.4) is 0 Å². The van der Waals surface area contributed by atoms with E-state index in [0.29, 0.717) is 25.0 Å². The molecule has 0 aromatic carbocycles. The first kappa shape index (κ1) is 61.0. The van der Waals surface area contributed by atoms with Crippen molar-refractivity contribution in [2.24, 2.45) is 23.1 Å². The number of carboxylic acids is 1. The molecule has 2 fully saturated rings. The second-order valence-electron chi connectivity index (χ2n) is 17.9. The Morgan fingerprint density at radius 2 is 1.18 bits per heavy atom. The summed E-state index contributed by atoms with van der Waals surface area (Å²) >= 11 is 1.35. The van der Waals surface area contributed by atoms with Crippen molar-refractivity contribution in [1.29, 1.82) is 0 Å². The van der Waals surface area contributed by atoms with Crippen LogP contribution in [0.25, 0.3) is 0 Å². The van der Waals surface area contributed by atoms with Crippen molar-refractivity contribution in [1.82, 2.24) is 47.0 Å². The van der Waals surface area contributed by atoms with Gasteiger partial charge in [0.15, 0.2) is 0 Å². The lowest BCUT2D eigenvalue weighted by molar-refractivity contribution is -0.147. The number of carboxylic acid groups (broad SMARTS) is 1. The van der Waals surface area contributed by atoms with Crippen LogP contribution >= 0.6 is 11.8 Å². The minimum Gasteiger partial charge on any atom is -0.480 e. The molecule has 400 valence electrons. The first-order valence-corrected chi connectivity index (χ1v) is 24.7. The fraction of sp³-hybridized carbons (Fsp3) is 0.721. The molecule has 0 saturated carbocycles. The maximum absolute atomic E-state index is 14.0. The summed E-state index contributed by atoms with van der Waals surface area (Å²) in [5.74, 6) is -10.0. The van der Waals surface area contributed by atoms with E-state index in [-0.39, 0.29) is 51.1 Å². The number of hydrogen-bond acceptors (Lipinski definition) is 16. The van der Waals surface area contributed by atoms with Crippen molar-refractivity contribution in [3.63, 3.8) is 0 Å². The van der Waals surface area contributed by atoms with Gasteiger partial charge in [-0.15, -0.1) is 0 Å². The topological polar surface area (TPSA) is 434 Å².